The number of halogens is 1. The van der Waals surface area contributed by atoms with Crippen molar-refractivity contribution in [2.75, 3.05) is 19.8 Å². The number of hydrogen-bond acceptors (Lipinski definition) is 9. The number of benzene rings is 3. The Balaban J connectivity index is 0.00000867. The largest absolute Gasteiger partial charge is 1.00 e. The van der Waals surface area contributed by atoms with Crippen LogP contribution in [0.4, 0.5) is 14.4 Å². The van der Waals surface area contributed by atoms with Crippen molar-refractivity contribution < 1.29 is 55.2 Å². The highest BCUT2D eigenvalue weighted by Crippen LogP contribution is 2.40. The maximum Gasteiger partial charge on any atom is 0.513 e. The monoisotopic (exact) mass is 730 g/mol. The molecule has 0 spiro atoms. The topological polar surface area (TPSA) is 107 Å². The molecule has 3 aromatic carbocycles. The van der Waals surface area contributed by atoms with Gasteiger partial charge in [-0.1, -0.05) is 40.0 Å². The number of carbonyl (C=O) groups is 3. The molecule has 0 aromatic heterocycles. The highest BCUT2D eigenvalue weighted by Gasteiger charge is 2.33. The zero-order chi connectivity index (χ0) is 36.1. The maximum atomic E-state index is 12.4. The molecular formula is C39H51ClO9S. The van der Waals surface area contributed by atoms with E-state index < -0.39 is 29.4 Å². The number of aryl methyl sites for hydroxylation is 6. The first kappa shape index (κ1) is 42.3. The van der Waals surface area contributed by atoms with E-state index in [-0.39, 0.29) is 12.4 Å². The van der Waals surface area contributed by atoms with E-state index in [1.165, 1.54) is 0 Å². The van der Waals surface area contributed by atoms with Gasteiger partial charge >= 0.3 is 18.5 Å². The molecule has 0 fully saturated rings. The van der Waals surface area contributed by atoms with E-state index >= 15 is 0 Å². The Kier molecular flexibility index (Phi) is 17.5. The summed E-state index contributed by atoms with van der Waals surface area (Å²) in [5.74, 6) is 1.39. The Morgan fingerprint density at radius 2 is 0.680 bits per heavy atom. The van der Waals surface area contributed by atoms with Gasteiger partial charge in [-0.3, -0.25) is 0 Å². The minimum Gasteiger partial charge on any atom is -1.00 e. The van der Waals surface area contributed by atoms with E-state index in [9.17, 15) is 14.4 Å². The number of ether oxygens (including phenoxy) is 6. The van der Waals surface area contributed by atoms with E-state index in [1.807, 2.05) is 98.7 Å². The first-order chi connectivity index (χ1) is 23.4. The summed E-state index contributed by atoms with van der Waals surface area (Å²) in [6.07, 6.45) is 2.84. The Bertz CT molecular complexity index is 1360. The van der Waals surface area contributed by atoms with Gasteiger partial charge in [0, 0.05) is 36.4 Å². The van der Waals surface area contributed by atoms with Crippen molar-refractivity contribution in [2.45, 2.75) is 116 Å². The van der Waals surface area contributed by atoms with Crippen LogP contribution in [0.15, 0.2) is 51.1 Å². The smallest absolute Gasteiger partial charge is 0.513 e. The molecule has 50 heavy (non-hydrogen) atoms. The number of hydrogen-bond donors (Lipinski definition) is 0. The van der Waals surface area contributed by atoms with Crippen molar-refractivity contribution in [3.63, 3.8) is 0 Å². The molecule has 274 valence electrons. The van der Waals surface area contributed by atoms with Crippen molar-refractivity contribution in [3.05, 3.63) is 69.8 Å². The zero-order valence-corrected chi connectivity index (χ0v) is 32.4. The summed E-state index contributed by atoms with van der Waals surface area (Å²) < 4.78 is 32.7. The van der Waals surface area contributed by atoms with E-state index in [0.29, 0.717) is 37.1 Å². The molecule has 0 aliphatic rings. The predicted molar refractivity (Wildman–Crippen MR) is 191 cm³/mol. The summed E-state index contributed by atoms with van der Waals surface area (Å²) >= 11 is 0. The van der Waals surface area contributed by atoms with Crippen LogP contribution in [0, 0.1) is 41.5 Å². The quantitative estimate of drug-likeness (QED) is 0.0514. The lowest BCUT2D eigenvalue weighted by atomic mass is 10.1. The van der Waals surface area contributed by atoms with Crippen molar-refractivity contribution in [1.82, 2.24) is 0 Å². The molecule has 0 amide bonds. The Hall–Kier alpha value is -3.89. The second-order valence-electron chi connectivity index (χ2n) is 12.1. The molecule has 0 saturated heterocycles. The fourth-order valence-electron chi connectivity index (χ4n) is 5.21. The molecule has 9 nitrogen and oxygen atoms in total. The van der Waals surface area contributed by atoms with E-state index in [0.717, 1.165) is 86.6 Å². The Labute approximate surface area is 306 Å². The molecule has 0 atom stereocenters. The van der Waals surface area contributed by atoms with Crippen LogP contribution >= 0.6 is 0 Å². The standard InChI is InChI=1S/C39H51O9S.ClH/c1-10-13-16-43-37(40)46-34-25(4)19-31(20-26(34)5)49(32-21-27(6)35(28(7)22-32)47-38(41)44-17-14-11-2)33-23-29(8)36(30(9)24-33)48-39(42)45-18-15-12-3;/h19-24H,10-18H2,1-9H3;1H/q+1;/p-1. The van der Waals surface area contributed by atoms with Crippen LogP contribution in [0.25, 0.3) is 0 Å². The number of unbranched alkanes of at least 4 members (excludes halogenated alkanes) is 3. The summed E-state index contributed by atoms with van der Waals surface area (Å²) in [7, 11) is -0.673. The summed E-state index contributed by atoms with van der Waals surface area (Å²) in [4.78, 5) is 40.3. The average Bonchev–Trinajstić information content (AvgIpc) is 3.03. The van der Waals surface area contributed by atoms with Crippen molar-refractivity contribution >= 4 is 29.4 Å². The fraction of sp³-hybridized carbons (Fsp3) is 0.462. The van der Waals surface area contributed by atoms with Crippen molar-refractivity contribution in [1.29, 1.82) is 0 Å². The number of carbonyl (C=O) groups excluding carboxylic acids is 3. The highest BCUT2D eigenvalue weighted by atomic mass is 35.5. The van der Waals surface area contributed by atoms with Gasteiger partial charge in [0.05, 0.1) is 30.7 Å². The second kappa shape index (κ2) is 20.7. The van der Waals surface area contributed by atoms with Gasteiger partial charge < -0.3 is 40.8 Å². The molecule has 11 heteroatoms. The van der Waals surface area contributed by atoms with Crippen LogP contribution in [0.1, 0.15) is 92.7 Å². The molecule has 0 heterocycles. The maximum absolute atomic E-state index is 12.4. The molecule has 3 aromatic rings. The van der Waals surface area contributed by atoms with Gasteiger partial charge in [-0.05, 0) is 94.2 Å². The predicted octanol–water partition coefficient (Wildman–Crippen LogP) is 7.58. The molecule has 0 aliphatic heterocycles. The molecule has 0 radical (unpaired) electrons. The van der Waals surface area contributed by atoms with Crippen LogP contribution in [0.3, 0.4) is 0 Å². The lowest BCUT2D eigenvalue weighted by Gasteiger charge is -2.17. The van der Waals surface area contributed by atoms with Gasteiger partial charge in [0.2, 0.25) is 0 Å². The van der Waals surface area contributed by atoms with Crippen LogP contribution in [0.5, 0.6) is 17.2 Å². The van der Waals surface area contributed by atoms with Gasteiger partial charge in [0.25, 0.3) is 0 Å². The van der Waals surface area contributed by atoms with E-state index in [2.05, 4.69) is 0 Å². The van der Waals surface area contributed by atoms with Gasteiger partial charge in [-0.15, -0.1) is 0 Å². The van der Waals surface area contributed by atoms with Gasteiger partial charge in [-0.25, -0.2) is 14.4 Å². The van der Waals surface area contributed by atoms with Crippen LogP contribution in [-0.4, -0.2) is 38.3 Å². The third-order valence-electron chi connectivity index (χ3n) is 7.72. The van der Waals surface area contributed by atoms with Gasteiger partial charge in [-0.2, -0.15) is 0 Å². The molecule has 0 unspecified atom stereocenters. The van der Waals surface area contributed by atoms with Crippen molar-refractivity contribution in [3.8, 4) is 17.2 Å². The number of rotatable bonds is 15. The van der Waals surface area contributed by atoms with Crippen molar-refractivity contribution in [2.24, 2.45) is 0 Å². The van der Waals surface area contributed by atoms with Crippen LogP contribution in [0.2, 0.25) is 0 Å². The van der Waals surface area contributed by atoms with Crippen LogP contribution < -0.4 is 26.6 Å². The molecule has 0 N–H and O–H groups in total. The third kappa shape index (κ3) is 11.9. The average molecular weight is 731 g/mol. The molecular weight excluding hydrogens is 680 g/mol. The third-order valence-corrected chi connectivity index (χ3v) is 9.84. The molecule has 0 saturated carbocycles. The highest BCUT2D eigenvalue weighted by molar-refractivity contribution is 7.97. The normalized spacial score (nSPS) is 10.7. The zero-order valence-electron chi connectivity index (χ0n) is 30.8. The summed E-state index contributed by atoms with van der Waals surface area (Å²) in [5.41, 5.74) is 4.70. The lowest BCUT2D eigenvalue weighted by Crippen LogP contribution is -3.00. The fourth-order valence-corrected chi connectivity index (χ4v) is 7.80. The molecule has 3 rings (SSSR count). The second-order valence-corrected chi connectivity index (χ2v) is 14.2. The summed E-state index contributed by atoms with van der Waals surface area (Å²) in [5, 5.41) is 0. The van der Waals surface area contributed by atoms with Crippen LogP contribution in [-0.2, 0) is 25.1 Å². The SMILES string of the molecule is CCCCOC(=O)Oc1c(C)cc([S+](c2cc(C)c(OC(=O)OCCCC)c(C)c2)c2cc(C)c(OC(=O)OCCCC)c(C)c2)cc1C.[Cl-]. The van der Waals surface area contributed by atoms with E-state index in [1.54, 1.807) is 0 Å². The van der Waals surface area contributed by atoms with E-state index in [4.69, 9.17) is 28.4 Å². The Morgan fingerprint density at radius 1 is 0.460 bits per heavy atom. The molecule has 0 aliphatic carbocycles. The summed E-state index contributed by atoms with van der Waals surface area (Å²) in [6.45, 7) is 18.4. The first-order valence-corrected chi connectivity index (χ1v) is 18.2. The molecule has 0 bridgehead atoms. The Morgan fingerprint density at radius 3 is 0.880 bits per heavy atom. The van der Waals surface area contributed by atoms with Gasteiger partial charge in [0.15, 0.2) is 14.7 Å². The lowest BCUT2D eigenvalue weighted by molar-refractivity contribution is -0.0000414. The minimum atomic E-state index is -0.725. The van der Waals surface area contributed by atoms with Gasteiger partial charge in [0.1, 0.15) is 17.2 Å². The first-order valence-electron chi connectivity index (χ1n) is 17.0. The summed E-state index contributed by atoms with van der Waals surface area (Å²) in [6, 6.07) is 12.1. The minimum absolute atomic E-state index is 0.